The summed E-state index contributed by atoms with van der Waals surface area (Å²) in [7, 11) is 1.67. The maximum Gasteiger partial charge on any atom is 0.138 e. The topological polar surface area (TPSA) is 39.2 Å². The van der Waals surface area contributed by atoms with Crippen molar-refractivity contribution in [2.24, 2.45) is 0 Å². The Morgan fingerprint density at radius 3 is 2.59 bits per heavy atom. The fourth-order valence-electron chi connectivity index (χ4n) is 3.44. The highest BCUT2D eigenvalue weighted by molar-refractivity contribution is 5.99. The Labute approximate surface area is 161 Å². The van der Waals surface area contributed by atoms with Gasteiger partial charge in [0.1, 0.15) is 11.5 Å². The van der Waals surface area contributed by atoms with Crippen LogP contribution in [-0.2, 0) is 11.2 Å². The summed E-state index contributed by atoms with van der Waals surface area (Å²) in [5.74, 6) is 1.07. The predicted octanol–water partition coefficient (Wildman–Crippen LogP) is 5.99. The first kappa shape index (κ1) is 19.1. The Kier molecular flexibility index (Phi) is 6.59. The number of ketones is 1. The van der Waals surface area contributed by atoms with Gasteiger partial charge < -0.3 is 4.74 Å². The highest BCUT2D eigenvalue weighted by Gasteiger charge is 2.15. The highest BCUT2D eigenvalue weighted by Crippen LogP contribution is 2.33. The fourth-order valence-corrected chi connectivity index (χ4v) is 3.44. The molecule has 1 aromatic heterocycles. The molecule has 1 heterocycles. The number of pyridine rings is 1. The van der Waals surface area contributed by atoms with Gasteiger partial charge in [0.2, 0.25) is 0 Å². The van der Waals surface area contributed by atoms with E-state index in [0.717, 1.165) is 46.2 Å². The Morgan fingerprint density at radius 1 is 1.04 bits per heavy atom. The summed E-state index contributed by atoms with van der Waals surface area (Å²) >= 11 is 0. The molecule has 140 valence electrons. The van der Waals surface area contributed by atoms with Crippen molar-refractivity contribution in [2.75, 3.05) is 7.11 Å². The molecule has 0 amide bonds. The van der Waals surface area contributed by atoms with Crippen LogP contribution < -0.4 is 4.74 Å². The van der Waals surface area contributed by atoms with Gasteiger partial charge in [0.05, 0.1) is 12.8 Å². The molecule has 0 N–H and O–H groups in total. The lowest BCUT2D eigenvalue weighted by Crippen LogP contribution is -2.06. The average molecular weight is 361 g/mol. The maximum absolute atomic E-state index is 12.6. The molecule has 2 aromatic carbocycles. The van der Waals surface area contributed by atoms with Crippen molar-refractivity contribution >= 4 is 16.6 Å². The lowest BCUT2D eigenvalue weighted by Gasteiger charge is -2.13. The summed E-state index contributed by atoms with van der Waals surface area (Å²) in [6, 6.07) is 16.2. The van der Waals surface area contributed by atoms with E-state index in [0.29, 0.717) is 12.8 Å². The second kappa shape index (κ2) is 9.31. The number of ether oxygens (including phenoxy) is 1. The summed E-state index contributed by atoms with van der Waals surface area (Å²) < 4.78 is 5.42. The monoisotopic (exact) mass is 361 g/mol. The minimum absolute atomic E-state index is 0.262. The molecular weight excluding hydrogens is 334 g/mol. The molecule has 0 fully saturated rings. The van der Waals surface area contributed by atoms with Crippen LogP contribution >= 0.6 is 0 Å². The molecule has 27 heavy (non-hydrogen) atoms. The lowest BCUT2D eigenvalue weighted by atomic mass is 9.94. The number of aromatic nitrogens is 1. The van der Waals surface area contributed by atoms with Gasteiger partial charge in [-0.3, -0.25) is 9.78 Å². The molecule has 0 radical (unpaired) electrons. The number of carbonyl (C=O) groups excluding carboxylic acids is 1. The second-order valence-corrected chi connectivity index (χ2v) is 6.93. The van der Waals surface area contributed by atoms with Gasteiger partial charge in [0.15, 0.2) is 0 Å². The SMILES string of the molecule is CCCCCCC(=O)Cc1ncc2ccc(OC)cc2c1-c1ccccc1. The molecule has 0 unspecified atom stereocenters. The van der Waals surface area contributed by atoms with Crippen LogP contribution in [0.3, 0.4) is 0 Å². The van der Waals surface area contributed by atoms with Crippen LogP contribution in [0.25, 0.3) is 21.9 Å². The van der Waals surface area contributed by atoms with E-state index in [1.165, 1.54) is 12.8 Å². The molecule has 0 atom stereocenters. The van der Waals surface area contributed by atoms with E-state index < -0.39 is 0 Å². The van der Waals surface area contributed by atoms with Gasteiger partial charge in [-0.1, -0.05) is 56.5 Å². The zero-order valence-corrected chi connectivity index (χ0v) is 16.2. The van der Waals surface area contributed by atoms with E-state index in [9.17, 15) is 4.79 Å². The maximum atomic E-state index is 12.6. The van der Waals surface area contributed by atoms with Gasteiger partial charge in [-0.2, -0.15) is 0 Å². The number of hydrogen-bond donors (Lipinski definition) is 0. The summed E-state index contributed by atoms with van der Waals surface area (Å²) in [5, 5.41) is 2.12. The van der Waals surface area contributed by atoms with Crippen LogP contribution in [0.15, 0.2) is 54.7 Å². The van der Waals surface area contributed by atoms with Gasteiger partial charge in [0, 0.05) is 30.0 Å². The summed E-state index contributed by atoms with van der Waals surface area (Å²) in [5.41, 5.74) is 2.97. The number of unbranched alkanes of at least 4 members (excludes halogenated alkanes) is 3. The van der Waals surface area contributed by atoms with Crippen LogP contribution in [0, 0.1) is 0 Å². The summed E-state index contributed by atoms with van der Waals surface area (Å²) in [6.45, 7) is 2.18. The quantitative estimate of drug-likeness (QED) is 0.439. The highest BCUT2D eigenvalue weighted by atomic mass is 16.5. The molecule has 3 rings (SSSR count). The molecule has 0 aliphatic rings. The van der Waals surface area contributed by atoms with Gasteiger partial charge in [0.25, 0.3) is 0 Å². The van der Waals surface area contributed by atoms with Gasteiger partial charge >= 0.3 is 0 Å². The number of benzene rings is 2. The summed E-state index contributed by atoms with van der Waals surface area (Å²) in [4.78, 5) is 17.2. The number of rotatable bonds is 9. The first-order valence-corrected chi connectivity index (χ1v) is 9.75. The molecular formula is C24H27NO2. The fraction of sp³-hybridized carbons (Fsp3) is 0.333. The minimum Gasteiger partial charge on any atom is -0.497 e. The number of nitrogens with zero attached hydrogens (tertiary/aromatic N) is 1. The van der Waals surface area contributed by atoms with Crippen molar-refractivity contribution in [1.29, 1.82) is 0 Å². The molecule has 3 heteroatoms. The number of hydrogen-bond acceptors (Lipinski definition) is 3. The molecule has 3 nitrogen and oxygen atoms in total. The van der Waals surface area contributed by atoms with E-state index >= 15 is 0 Å². The van der Waals surface area contributed by atoms with Crippen molar-refractivity contribution in [1.82, 2.24) is 4.98 Å². The Morgan fingerprint density at radius 2 is 1.85 bits per heavy atom. The lowest BCUT2D eigenvalue weighted by molar-refractivity contribution is -0.118. The number of carbonyl (C=O) groups is 1. The van der Waals surface area contributed by atoms with Crippen molar-refractivity contribution in [3.05, 3.63) is 60.4 Å². The Hall–Kier alpha value is -2.68. The van der Waals surface area contributed by atoms with E-state index in [-0.39, 0.29) is 5.78 Å². The van der Waals surface area contributed by atoms with Crippen LogP contribution in [0.5, 0.6) is 5.75 Å². The first-order chi connectivity index (χ1) is 13.2. The van der Waals surface area contributed by atoms with Crippen molar-refractivity contribution in [3.63, 3.8) is 0 Å². The van der Waals surface area contributed by atoms with E-state index in [1.807, 2.05) is 42.6 Å². The van der Waals surface area contributed by atoms with Crippen LogP contribution in [-0.4, -0.2) is 17.9 Å². The Balaban J connectivity index is 1.98. The van der Waals surface area contributed by atoms with Crippen LogP contribution in [0.4, 0.5) is 0 Å². The normalized spacial score (nSPS) is 10.9. The molecule has 0 saturated carbocycles. The zero-order chi connectivity index (χ0) is 19.1. The van der Waals surface area contributed by atoms with E-state index in [2.05, 4.69) is 24.0 Å². The minimum atomic E-state index is 0.262. The number of Topliss-reactive ketones (excluding diaryl/α,β-unsaturated/α-hetero) is 1. The largest absolute Gasteiger partial charge is 0.497 e. The van der Waals surface area contributed by atoms with E-state index in [1.54, 1.807) is 7.11 Å². The third-order valence-corrected chi connectivity index (χ3v) is 4.91. The van der Waals surface area contributed by atoms with Crippen LogP contribution in [0.1, 0.15) is 44.7 Å². The molecule has 0 bridgehead atoms. The molecule has 3 aromatic rings. The molecule has 0 saturated heterocycles. The predicted molar refractivity (Wildman–Crippen MR) is 111 cm³/mol. The van der Waals surface area contributed by atoms with Gasteiger partial charge in [-0.05, 0) is 35.6 Å². The standard InChI is InChI=1S/C24H27NO2/c1-3-4-5-9-12-20(26)15-23-24(18-10-7-6-8-11-18)22-16-21(27-2)14-13-19(22)17-25-23/h6-8,10-11,13-14,16-17H,3-5,9,12,15H2,1-2H3. The summed E-state index contributed by atoms with van der Waals surface area (Å²) in [6.07, 6.45) is 7.33. The van der Waals surface area contributed by atoms with E-state index in [4.69, 9.17) is 4.74 Å². The zero-order valence-electron chi connectivity index (χ0n) is 16.2. The number of methoxy groups -OCH3 is 1. The number of fused-ring (bicyclic) bond motifs is 1. The van der Waals surface area contributed by atoms with Gasteiger partial charge in [-0.15, -0.1) is 0 Å². The molecule has 0 aliphatic carbocycles. The third kappa shape index (κ3) is 4.73. The van der Waals surface area contributed by atoms with Crippen molar-refractivity contribution in [2.45, 2.75) is 45.4 Å². The second-order valence-electron chi connectivity index (χ2n) is 6.93. The van der Waals surface area contributed by atoms with Crippen molar-refractivity contribution in [3.8, 4) is 16.9 Å². The van der Waals surface area contributed by atoms with Crippen LogP contribution in [0.2, 0.25) is 0 Å². The first-order valence-electron chi connectivity index (χ1n) is 9.75. The molecule has 0 spiro atoms. The third-order valence-electron chi connectivity index (χ3n) is 4.91. The average Bonchev–Trinajstić information content (AvgIpc) is 2.71. The van der Waals surface area contributed by atoms with Gasteiger partial charge in [-0.25, -0.2) is 0 Å². The Bertz CT molecular complexity index is 903. The smallest absolute Gasteiger partial charge is 0.138 e. The van der Waals surface area contributed by atoms with Crippen molar-refractivity contribution < 1.29 is 9.53 Å². The molecule has 0 aliphatic heterocycles.